The zero-order chi connectivity index (χ0) is 14.7. The fourth-order valence-corrected chi connectivity index (χ4v) is 2.47. The lowest BCUT2D eigenvalue weighted by atomic mass is 10.1. The highest BCUT2D eigenvalue weighted by Gasteiger charge is 2.16. The van der Waals surface area contributed by atoms with Gasteiger partial charge >= 0.3 is 5.97 Å². The number of aromatic carboxylic acids is 1. The van der Waals surface area contributed by atoms with Crippen LogP contribution in [0.5, 0.6) is 0 Å². The number of imidazole rings is 1. The van der Waals surface area contributed by atoms with Gasteiger partial charge in [-0.25, -0.2) is 13.9 Å². The Balaban J connectivity index is 2.21. The Labute approximate surface area is 119 Å². The smallest absolute Gasteiger partial charge is 0.335 e. The molecule has 0 saturated heterocycles. The molecule has 0 bridgehead atoms. The molecule has 1 aromatic carbocycles. The van der Waals surface area contributed by atoms with Gasteiger partial charge in [0.05, 0.1) is 12.1 Å². The van der Waals surface area contributed by atoms with Crippen LogP contribution in [0.4, 0.5) is 0 Å². The Kier molecular flexibility index (Phi) is 4.23. The second-order valence-corrected chi connectivity index (χ2v) is 5.10. The van der Waals surface area contributed by atoms with E-state index in [1.807, 2.05) is 12.1 Å². The molecule has 20 heavy (non-hydrogen) atoms. The number of carbonyl (C=O) groups is 1. The largest absolute Gasteiger partial charge is 0.478 e. The Hall–Kier alpha value is -2.10. The quantitative estimate of drug-likeness (QED) is 0.851. The number of aryl methyl sites for hydroxylation is 1. The molecule has 0 aliphatic carbocycles. The number of benzene rings is 1. The lowest BCUT2D eigenvalue weighted by Crippen LogP contribution is -2.36. The molecule has 0 amide bonds. The summed E-state index contributed by atoms with van der Waals surface area (Å²) in [5, 5.41) is 8.90. The Morgan fingerprint density at radius 3 is 2.45 bits per heavy atom. The maximum atomic E-state index is 10.8. The molecule has 1 heterocycles. The van der Waals surface area contributed by atoms with Crippen molar-refractivity contribution in [2.45, 2.75) is 40.3 Å². The van der Waals surface area contributed by atoms with Crippen molar-refractivity contribution in [2.75, 3.05) is 0 Å². The van der Waals surface area contributed by atoms with Crippen molar-refractivity contribution in [3.05, 3.63) is 53.1 Å². The van der Waals surface area contributed by atoms with Crippen molar-refractivity contribution >= 4 is 5.97 Å². The number of hydrogen-bond donors (Lipinski definition) is 1. The summed E-state index contributed by atoms with van der Waals surface area (Å²) in [6.07, 6.45) is 3.26. The van der Waals surface area contributed by atoms with E-state index in [1.165, 1.54) is 11.5 Å². The summed E-state index contributed by atoms with van der Waals surface area (Å²) in [6.45, 7) is 8.21. The zero-order valence-corrected chi connectivity index (χ0v) is 12.3. The first-order valence-electron chi connectivity index (χ1n) is 6.91. The molecule has 0 fully saturated rings. The van der Waals surface area contributed by atoms with Gasteiger partial charge < -0.3 is 5.11 Å². The summed E-state index contributed by atoms with van der Waals surface area (Å²) < 4.78 is 4.52. The maximum absolute atomic E-state index is 10.8. The molecule has 4 nitrogen and oxygen atoms in total. The van der Waals surface area contributed by atoms with E-state index in [0.29, 0.717) is 5.56 Å². The minimum Gasteiger partial charge on any atom is -0.478 e. The lowest BCUT2D eigenvalue weighted by Gasteiger charge is -2.02. The minimum atomic E-state index is -0.884. The van der Waals surface area contributed by atoms with E-state index < -0.39 is 5.97 Å². The van der Waals surface area contributed by atoms with Crippen LogP contribution >= 0.6 is 0 Å². The standard InChI is InChI=1S/C16H20N2O2/c1-4-9-18-12(2)10-17(13(18)3)11-14-5-7-15(8-6-14)16(19)20/h5-8,10H,4,9,11H2,1-3H3/p+1. The van der Waals surface area contributed by atoms with E-state index in [0.717, 1.165) is 25.1 Å². The number of hydrogen-bond acceptors (Lipinski definition) is 1. The van der Waals surface area contributed by atoms with Crippen LogP contribution in [0.3, 0.4) is 0 Å². The molecule has 106 valence electrons. The lowest BCUT2D eigenvalue weighted by molar-refractivity contribution is -0.694. The van der Waals surface area contributed by atoms with Gasteiger partial charge in [0.15, 0.2) is 0 Å². The van der Waals surface area contributed by atoms with E-state index in [1.54, 1.807) is 12.1 Å². The van der Waals surface area contributed by atoms with Crippen molar-refractivity contribution in [1.82, 2.24) is 4.57 Å². The van der Waals surface area contributed by atoms with Gasteiger partial charge in [0.1, 0.15) is 18.4 Å². The van der Waals surface area contributed by atoms with Crippen LogP contribution in [0.1, 0.15) is 40.8 Å². The Bertz CT molecular complexity index is 612. The fourth-order valence-electron chi connectivity index (χ4n) is 2.47. The molecule has 1 aromatic heterocycles. The second kappa shape index (κ2) is 5.90. The summed E-state index contributed by atoms with van der Waals surface area (Å²) in [5.41, 5.74) is 2.69. The van der Waals surface area contributed by atoms with Gasteiger partial charge in [0.2, 0.25) is 0 Å². The molecule has 0 aliphatic rings. The first-order valence-corrected chi connectivity index (χ1v) is 6.91. The summed E-state index contributed by atoms with van der Waals surface area (Å²) in [4.78, 5) is 10.8. The molecule has 0 radical (unpaired) electrons. The van der Waals surface area contributed by atoms with Crippen LogP contribution < -0.4 is 4.57 Å². The third-order valence-corrected chi connectivity index (χ3v) is 3.58. The number of rotatable bonds is 5. The highest BCUT2D eigenvalue weighted by Crippen LogP contribution is 2.07. The van der Waals surface area contributed by atoms with Gasteiger partial charge in [-0.05, 0) is 24.1 Å². The molecule has 2 aromatic rings. The number of carboxylic acids is 1. The molecule has 1 N–H and O–H groups in total. The topological polar surface area (TPSA) is 46.1 Å². The Morgan fingerprint density at radius 1 is 1.25 bits per heavy atom. The second-order valence-electron chi connectivity index (χ2n) is 5.10. The summed E-state index contributed by atoms with van der Waals surface area (Å²) in [5.74, 6) is 0.344. The van der Waals surface area contributed by atoms with Crippen LogP contribution in [-0.4, -0.2) is 15.6 Å². The van der Waals surface area contributed by atoms with Gasteiger partial charge in [-0.2, -0.15) is 0 Å². The van der Waals surface area contributed by atoms with E-state index >= 15 is 0 Å². The van der Waals surface area contributed by atoms with Gasteiger partial charge in [0, 0.05) is 13.8 Å². The molecule has 0 saturated carbocycles. The molecule has 0 spiro atoms. The monoisotopic (exact) mass is 273 g/mol. The maximum Gasteiger partial charge on any atom is 0.335 e. The van der Waals surface area contributed by atoms with Crippen molar-refractivity contribution in [1.29, 1.82) is 0 Å². The number of aromatic nitrogens is 2. The molecular formula is C16H21N2O2+. The molecular weight excluding hydrogens is 252 g/mol. The average Bonchev–Trinajstić information content (AvgIpc) is 2.67. The average molecular weight is 273 g/mol. The molecule has 2 rings (SSSR count). The fraction of sp³-hybridized carbons (Fsp3) is 0.375. The van der Waals surface area contributed by atoms with Crippen molar-refractivity contribution < 1.29 is 14.5 Å². The third kappa shape index (κ3) is 2.90. The van der Waals surface area contributed by atoms with Crippen molar-refractivity contribution in [3.8, 4) is 0 Å². The normalized spacial score (nSPS) is 10.8. The molecule has 4 heteroatoms. The predicted octanol–water partition coefficient (Wildman–Crippen LogP) is 2.55. The van der Waals surface area contributed by atoms with Crippen LogP contribution in [0.2, 0.25) is 0 Å². The molecule has 0 unspecified atom stereocenters. The van der Waals surface area contributed by atoms with Crippen molar-refractivity contribution in [2.24, 2.45) is 0 Å². The van der Waals surface area contributed by atoms with Crippen molar-refractivity contribution in [3.63, 3.8) is 0 Å². The molecule has 0 atom stereocenters. The SMILES string of the molecule is CCCn1c(C)c[n+](Cc2ccc(C(=O)O)cc2)c1C. The first-order chi connectivity index (χ1) is 9.52. The summed E-state index contributed by atoms with van der Waals surface area (Å²) in [6, 6.07) is 7.07. The van der Waals surface area contributed by atoms with E-state index in [2.05, 4.69) is 36.1 Å². The van der Waals surface area contributed by atoms with E-state index in [9.17, 15) is 4.79 Å². The van der Waals surface area contributed by atoms with Crippen LogP contribution in [0.15, 0.2) is 30.5 Å². The van der Waals surface area contributed by atoms with Gasteiger partial charge in [0.25, 0.3) is 5.82 Å². The highest BCUT2D eigenvalue weighted by atomic mass is 16.4. The Morgan fingerprint density at radius 2 is 1.90 bits per heavy atom. The zero-order valence-electron chi connectivity index (χ0n) is 12.3. The summed E-state index contributed by atoms with van der Waals surface area (Å²) in [7, 11) is 0. The van der Waals surface area contributed by atoms with Crippen LogP contribution in [-0.2, 0) is 13.1 Å². The first kappa shape index (κ1) is 14.3. The summed E-state index contributed by atoms with van der Waals surface area (Å²) >= 11 is 0. The molecule has 0 aliphatic heterocycles. The minimum absolute atomic E-state index is 0.329. The van der Waals surface area contributed by atoms with E-state index in [4.69, 9.17) is 5.11 Å². The number of nitrogens with zero attached hydrogens (tertiary/aromatic N) is 2. The van der Waals surface area contributed by atoms with Gasteiger partial charge in [-0.1, -0.05) is 19.1 Å². The van der Waals surface area contributed by atoms with Crippen LogP contribution in [0.25, 0.3) is 0 Å². The van der Waals surface area contributed by atoms with Gasteiger partial charge in [-0.15, -0.1) is 0 Å². The van der Waals surface area contributed by atoms with E-state index in [-0.39, 0.29) is 0 Å². The highest BCUT2D eigenvalue weighted by molar-refractivity contribution is 5.87. The predicted molar refractivity (Wildman–Crippen MR) is 76.9 cm³/mol. The number of carboxylic acid groups (broad SMARTS) is 1. The third-order valence-electron chi connectivity index (χ3n) is 3.58. The van der Waals surface area contributed by atoms with Gasteiger partial charge in [-0.3, -0.25) is 0 Å². The van der Waals surface area contributed by atoms with Crippen LogP contribution in [0, 0.1) is 13.8 Å².